The van der Waals surface area contributed by atoms with E-state index < -0.39 is 5.60 Å². The first-order valence-corrected chi connectivity index (χ1v) is 7.07. The monoisotopic (exact) mass is 292 g/mol. The fourth-order valence-corrected chi connectivity index (χ4v) is 1.85. The Kier molecular flexibility index (Phi) is 6.43. The van der Waals surface area contributed by atoms with Gasteiger partial charge in [0.15, 0.2) is 6.61 Å². The first-order valence-electron chi connectivity index (χ1n) is 7.07. The summed E-state index contributed by atoms with van der Waals surface area (Å²) in [5, 5.41) is 9.00. The molecule has 0 unspecified atom stereocenters. The molecule has 0 amide bonds. The molecule has 0 aliphatic rings. The minimum absolute atomic E-state index is 0.107. The quantitative estimate of drug-likeness (QED) is 0.818. The van der Waals surface area contributed by atoms with Gasteiger partial charge in [-0.15, -0.1) is 0 Å². The van der Waals surface area contributed by atoms with Crippen LogP contribution < -0.4 is 4.74 Å². The van der Waals surface area contributed by atoms with E-state index in [1.54, 1.807) is 12.1 Å². The molecule has 0 aromatic heterocycles. The standard InChI is InChI=1S/C17H24O4/c1-5-13(10-11-18)14-6-8-15(9-7-14)20-12-16(19)21-17(2,3)4/h5-9,18H,10-12H2,1-4H3/b13-5-. The lowest BCUT2D eigenvalue weighted by molar-refractivity contribution is -0.157. The van der Waals surface area contributed by atoms with E-state index in [2.05, 4.69) is 0 Å². The Bertz CT molecular complexity index is 481. The van der Waals surface area contributed by atoms with Crippen LogP contribution in [0, 0.1) is 0 Å². The molecule has 0 saturated carbocycles. The molecule has 0 saturated heterocycles. The maximum absolute atomic E-state index is 11.6. The Hall–Kier alpha value is -1.81. The van der Waals surface area contributed by atoms with Crippen molar-refractivity contribution in [3.63, 3.8) is 0 Å². The molecule has 1 rings (SSSR count). The van der Waals surface area contributed by atoms with E-state index in [0.29, 0.717) is 12.2 Å². The molecule has 0 bridgehead atoms. The van der Waals surface area contributed by atoms with E-state index in [-0.39, 0.29) is 19.2 Å². The highest BCUT2D eigenvalue weighted by Gasteiger charge is 2.16. The number of ether oxygens (including phenoxy) is 2. The molecule has 0 heterocycles. The number of benzene rings is 1. The van der Waals surface area contributed by atoms with Gasteiger partial charge < -0.3 is 14.6 Å². The van der Waals surface area contributed by atoms with Gasteiger partial charge in [-0.05, 0) is 57.4 Å². The summed E-state index contributed by atoms with van der Waals surface area (Å²) in [4.78, 5) is 11.6. The Morgan fingerprint density at radius 2 is 1.86 bits per heavy atom. The summed E-state index contributed by atoms with van der Waals surface area (Å²) in [5.74, 6) is 0.227. The number of aliphatic hydroxyl groups is 1. The Morgan fingerprint density at radius 1 is 1.24 bits per heavy atom. The Morgan fingerprint density at radius 3 is 2.33 bits per heavy atom. The van der Waals surface area contributed by atoms with Gasteiger partial charge in [0.05, 0.1) is 0 Å². The third-order valence-corrected chi connectivity index (χ3v) is 2.73. The van der Waals surface area contributed by atoms with Crippen molar-refractivity contribution in [1.29, 1.82) is 0 Å². The van der Waals surface area contributed by atoms with Crippen LogP contribution in [0.4, 0.5) is 0 Å². The largest absolute Gasteiger partial charge is 0.482 e. The molecule has 1 aromatic rings. The predicted molar refractivity (Wildman–Crippen MR) is 83.1 cm³/mol. The van der Waals surface area contributed by atoms with Crippen molar-refractivity contribution >= 4 is 11.5 Å². The summed E-state index contributed by atoms with van der Waals surface area (Å²) in [7, 11) is 0. The SMILES string of the molecule is C/C=C(/CCO)c1ccc(OCC(=O)OC(C)(C)C)cc1. The normalized spacial score (nSPS) is 12.1. The molecule has 0 aliphatic heterocycles. The van der Waals surface area contributed by atoms with Crippen LogP contribution in [0.1, 0.15) is 39.7 Å². The van der Waals surface area contributed by atoms with Gasteiger partial charge in [-0.25, -0.2) is 4.79 Å². The van der Waals surface area contributed by atoms with Crippen molar-refractivity contribution in [2.75, 3.05) is 13.2 Å². The van der Waals surface area contributed by atoms with Crippen LogP contribution in [0.25, 0.3) is 5.57 Å². The molecule has 116 valence electrons. The van der Waals surface area contributed by atoms with Crippen molar-refractivity contribution < 1.29 is 19.4 Å². The van der Waals surface area contributed by atoms with Crippen molar-refractivity contribution in [1.82, 2.24) is 0 Å². The van der Waals surface area contributed by atoms with E-state index in [9.17, 15) is 4.79 Å². The van der Waals surface area contributed by atoms with E-state index in [0.717, 1.165) is 11.1 Å². The number of carbonyl (C=O) groups is 1. The first-order chi connectivity index (χ1) is 9.85. The summed E-state index contributed by atoms with van der Waals surface area (Å²) < 4.78 is 10.6. The van der Waals surface area contributed by atoms with Crippen molar-refractivity contribution in [3.05, 3.63) is 35.9 Å². The fourth-order valence-electron chi connectivity index (χ4n) is 1.85. The highest BCUT2D eigenvalue weighted by atomic mass is 16.6. The minimum atomic E-state index is -0.505. The summed E-state index contributed by atoms with van der Waals surface area (Å²) in [6.07, 6.45) is 2.60. The molecule has 0 spiro atoms. The summed E-state index contributed by atoms with van der Waals surface area (Å²) in [5.41, 5.74) is 1.61. The van der Waals surface area contributed by atoms with Gasteiger partial charge in [0.25, 0.3) is 0 Å². The van der Waals surface area contributed by atoms with E-state index >= 15 is 0 Å². The van der Waals surface area contributed by atoms with Crippen LogP contribution in [0.15, 0.2) is 30.3 Å². The van der Waals surface area contributed by atoms with Gasteiger partial charge in [-0.1, -0.05) is 18.2 Å². The highest BCUT2D eigenvalue weighted by molar-refractivity contribution is 5.71. The van der Waals surface area contributed by atoms with Gasteiger partial charge in [0.1, 0.15) is 11.4 Å². The maximum atomic E-state index is 11.6. The Labute approximate surface area is 126 Å². The molecule has 1 N–H and O–H groups in total. The lowest BCUT2D eigenvalue weighted by Gasteiger charge is -2.19. The molecule has 0 fully saturated rings. The van der Waals surface area contributed by atoms with E-state index in [1.807, 2.05) is 45.9 Å². The molecule has 0 aliphatic carbocycles. The molecule has 0 radical (unpaired) electrons. The lowest BCUT2D eigenvalue weighted by atomic mass is 10.0. The van der Waals surface area contributed by atoms with Gasteiger partial charge in [0.2, 0.25) is 0 Å². The smallest absolute Gasteiger partial charge is 0.344 e. The lowest BCUT2D eigenvalue weighted by Crippen LogP contribution is -2.27. The zero-order valence-electron chi connectivity index (χ0n) is 13.2. The van der Waals surface area contributed by atoms with Crippen LogP contribution in [0.5, 0.6) is 5.75 Å². The zero-order valence-corrected chi connectivity index (χ0v) is 13.2. The Balaban J connectivity index is 2.57. The summed E-state index contributed by atoms with van der Waals surface area (Å²) >= 11 is 0. The molecule has 4 heteroatoms. The molecular formula is C17H24O4. The van der Waals surface area contributed by atoms with E-state index in [1.165, 1.54) is 0 Å². The second kappa shape index (κ2) is 7.84. The van der Waals surface area contributed by atoms with E-state index in [4.69, 9.17) is 14.6 Å². The van der Waals surface area contributed by atoms with Crippen LogP contribution in [-0.4, -0.2) is 29.9 Å². The van der Waals surface area contributed by atoms with Crippen LogP contribution in [0.2, 0.25) is 0 Å². The number of hydrogen-bond acceptors (Lipinski definition) is 4. The van der Waals surface area contributed by atoms with Crippen molar-refractivity contribution in [2.45, 2.75) is 39.7 Å². The molecule has 4 nitrogen and oxygen atoms in total. The summed E-state index contributed by atoms with van der Waals surface area (Å²) in [6.45, 7) is 7.41. The third kappa shape index (κ3) is 6.45. The number of allylic oxidation sites excluding steroid dienone is 1. The minimum Gasteiger partial charge on any atom is -0.482 e. The summed E-state index contributed by atoms with van der Waals surface area (Å²) in [6, 6.07) is 7.44. The number of carbonyl (C=O) groups excluding carboxylic acids is 1. The molecule has 0 atom stereocenters. The maximum Gasteiger partial charge on any atom is 0.344 e. The average molecular weight is 292 g/mol. The fraction of sp³-hybridized carbons (Fsp3) is 0.471. The second-order valence-corrected chi connectivity index (χ2v) is 5.69. The van der Waals surface area contributed by atoms with Gasteiger partial charge in [-0.2, -0.15) is 0 Å². The van der Waals surface area contributed by atoms with Crippen LogP contribution >= 0.6 is 0 Å². The number of hydrogen-bond donors (Lipinski definition) is 1. The number of rotatable bonds is 6. The molecule has 21 heavy (non-hydrogen) atoms. The molecule has 1 aromatic carbocycles. The predicted octanol–water partition coefficient (Wildman–Crippen LogP) is 3.19. The van der Waals surface area contributed by atoms with Crippen molar-refractivity contribution in [2.24, 2.45) is 0 Å². The van der Waals surface area contributed by atoms with Crippen LogP contribution in [-0.2, 0) is 9.53 Å². The number of esters is 1. The average Bonchev–Trinajstić information content (AvgIpc) is 2.41. The zero-order chi connectivity index (χ0) is 15.9. The second-order valence-electron chi connectivity index (χ2n) is 5.69. The highest BCUT2D eigenvalue weighted by Crippen LogP contribution is 2.21. The van der Waals surface area contributed by atoms with Gasteiger partial charge in [0, 0.05) is 6.61 Å². The topological polar surface area (TPSA) is 55.8 Å². The third-order valence-electron chi connectivity index (χ3n) is 2.73. The van der Waals surface area contributed by atoms with Gasteiger partial charge in [-0.3, -0.25) is 0 Å². The van der Waals surface area contributed by atoms with Gasteiger partial charge >= 0.3 is 5.97 Å². The van der Waals surface area contributed by atoms with Crippen LogP contribution in [0.3, 0.4) is 0 Å². The number of aliphatic hydroxyl groups excluding tert-OH is 1. The molecular weight excluding hydrogens is 268 g/mol. The first kappa shape index (κ1) is 17.2. The van der Waals surface area contributed by atoms with Crippen molar-refractivity contribution in [3.8, 4) is 5.75 Å².